The first-order valence-electron chi connectivity index (χ1n) is 38.6. The van der Waals surface area contributed by atoms with Gasteiger partial charge < -0.3 is 104 Å². The van der Waals surface area contributed by atoms with Crippen molar-refractivity contribution in [3.8, 4) is 22.3 Å². The van der Waals surface area contributed by atoms with Crippen LogP contribution in [-0.2, 0) is 96.0 Å². The minimum absolute atomic E-state index is 0.0520. The van der Waals surface area contributed by atoms with E-state index in [-0.39, 0.29) is 38.6 Å². The van der Waals surface area contributed by atoms with Crippen LogP contribution in [0.25, 0.3) is 22.3 Å². The van der Waals surface area contributed by atoms with Crippen LogP contribution in [0.4, 0.5) is 0 Å². The van der Waals surface area contributed by atoms with Crippen molar-refractivity contribution in [1.29, 1.82) is 0 Å². The number of aliphatic hydroxyl groups excluding tert-OH is 4. The number of rotatable bonds is 18. The summed E-state index contributed by atoms with van der Waals surface area (Å²) in [6.45, 7) is 4.57. The van der Waals surface area contributed by atoms with E-state index in [0.29, 0.717) is 16.7 Å². The van der Waals surface area contributed by atoms with Crippen molar-refractivity contribution in [2.75, 3.05) is 51.9 Å². The van der Waals surface area contributed by atoms with E-state index in [4.69, 9.17) is 5.73 Å². The second-order valence-electron chi connectivity index (χ2n) is 29.5. The summed E-state index contributed by atoms with van der Waals surface area (Å²) < 4.78 is 0. The second-order valence-corrected chi connectivity index (χ2v) is 30.5. The third-order valence-electron chi connectivity index (χ3n) is 20.2. The predicted octanol–water partition coefficient (Wildman–Crippen LogP) is -3.19. The van der Waals surface area contributed by atoms with E-state index in [0.717, 1.165) is 62.6 Å². The van der Waals surface area contributed by atoms with Crippen LogP contribution in [0.15, 0.2) is 140 Å². The summed E-state index contributed by atoms with van der Waals surface area (Å²) in [7, 11) is 2.40. The Morgan fingerprint density at radius 2 is 0.857 bits per heavy atom. The number of nitrogens with zero attached hydrogens (tertiary/aromatic N) is 3. The number of aliphatic hydroxyl groups is 4. The Balaban J connectivity index is 1.25. The first-order chi connectivity index (χ1) is 56.5. The predicted molar refractivity (Wildman–Crippen MR) is 434 cm³/mol. The zero-order valence-corrected chi connectivity index (χ0v) is 67.9. The smallest absolute Gasteiger partial charge is 0.305 e. The molecule has 2 aliphatic rings. The lowest BCUT2D eigenvalue weighted by molar-refractivity contribution is -0.146. The van der Waals surface area contributed by atoms with Gasteiger partial charge in [-0.2, -0.15) is 0 Å². The average molecular weight is 1670 g/mol. The number of fused-ring (bicyclic) bond motifs is 1. The summed E-state index contributed by atoms with van der Waals surface area (Å²) in [5, 5.41) is 80.4. The number of benzene rings is 5. The number of likely N-dealkylation sites (N-methyl/N-ethyl adjacent to an activating group) is 2. The third kappa shape index (κ3) is 27.2. The molecule has 0 bridgehead atoms. The van der Waals surface area contributed by atoms with Gasteiger partial charge >= 0.3 is 5.97 Å². The molecule has 2 fully saturated rings. The fraction of sp³-hybridized carbons (Fsp3) is 0.439. The van der Waals surface area contributed by atoms with Gasteiger partial charge in [-0.25, -0.2) is 0 Å². The molecule has 0 aliphatic carbocycles. The number of amides is 15. The molecule has 2 aliphatic heterocycles. The standard InChI is InChI=1S/C82H105N15O21S/c1-44(2)67-77(113)89-60(40-98)75(111)93-69(48(6)101)79(115)94-68(47(5)100)78(114)88-59(37-51-28-32-55(33-29-51)53-23-16-11-17-24-53)81(117)96(8)46(4)71(107)87-58(36-50-26-30-54(31-27-50)52-21-14-10-15-22-52)80(116)95(7)45(3)70(106)86-57(38-66(104)105)73(109)90-61(41-99)82(118)97-34-18-25-63(97)76(112)91-62(72(108)84-39-64(83)102)42-119-43-65(103)85-56(74(110)92-67)35-49-19-12-9-13-20-49/h9-17,19-24,26-33,44-48,56-63,67-69,98-101H,18,25,34-43H2,1-8H3,(H2,83,102)(H,84,108)(H,85,103)(H,86,106)(H,87,107)(H,88,114)(H,89,113)(H,90,109)(H,91,112)(H,92,110)(H,93,111)(H,94,115)(H,104,105)/t45-,46-,47+,48+,56-,57-,58-,59-,60-,61-,62-,63-,67-,68-,69-/m0/s1. The lowest BCUT2D eigenvalue weighted by Crippen LogP contribution is -2.64. The van der Waals surface area contributed by atoms with Crippen LogP contribution < -0.4 is 64.2 Å². The van der Waals surface area contributed by atoms with Crippen LogP contribution in [0.5, 0.6) is 0 Å². The summed E-state index contributed by atoms with van der Waals surface area (Å²) in [5.74, 6) is -19.3. The SMILES string of the molecule is CC(C)[C@@H]1NC(=O)[C@H](Cc2ccccc2)NC(=O)CSC[C@@H](C(=O)NCC(N)=O)NC(=O)[C@@H]2CCCN2C(=O)[C@H](CO)NC(=O)[C@H](CC(=O)O)NC(=O)[C@H](C)N(C)C(=O)[C@H](Cc2ccc(-c3ccccc3)cc2)NC(=O)[C@H](C)N(C)C(=O)[C@H](Cc2ccc(-c3ccccc3)cc2)NC(=O)[C@H]([C@@H](C)O)NC(=O)[C@H]([C@@H](C)O)NC(=O)[C@H](CO)NC1=O. The molecule has 18 N–H and O–H groups in total. The van der Waals surface area contributed by atoms with Gasteiger partial charge in [0.1, 0.15) is 78.5 Å². The van der Waals surface area contributed by atoms with Crippen LogP contribution in [0.2, 0.25) is 0 Å². The molecule has 15 atom stereocenters. The highest BCUT2D eigenvalue weighted by Crippen LogP contribution is 2.25. The number of hydrogen-bond acceptors (Lipinski definition) is 21. The number of nitrogens with two attached hydrogens (primary N) is 1. The van der Waals surface area contributed by atoms with Gasteiger partial charge in [0.2, 0.25) is 88.6 Å². The molecule has 15 amide bonds. The number of carboxylic acids is 1. The molecule has 2 saturated heterocycles. The molecule has 119 heavy (non-hydrogen) atoms. The molecule has 7 rings (SSSR count). The van der Waals surface area contributed by atoms with Crippen LogP contribution in [-0.4, -0.2) is 277 Å². The lowest BCUT2D eigenvalue weighted by Gasteiger charge is -2.33. The van der Waals surface area contributed by atoms with Gasteiger partial charge in [0.05, 0.1) is 44.1 Å². The maximum absolute atomic E-state index is 15.2. The van der Waals surface area contributed by atoms with E-state index in [1.807, 2.05) is 60.7 Å². The largest absolute Gasteiger partial charge is 0.481 e. The van der Waals surface area contributed by atoms with Gasteiger partial charge in [-0.3, -0.25) is 76.7 Å². The molecular weight excluding hydrogens is 1560 g/mol. The van der Waals surface area contributed by atoms with Crippen molar-refractivity contribution in [1.82, 2.24) is 73.2 Å². The van der Waals surface area contributed by atoms with E-state index in [9.17, 15) is 92.7 Å². The van der Waals surface area contributed by atoms with E-state index in [1.165, 1.54) is 41.8 Å². The molecule has 36 nitrogen and oxygen atoms in total. The minimum Gasteiger partial charge on any atom is -0.481 e. The van der Waals surface area contributed by atoms with Crippen LogP contribution in [0.1, 0.15) is 77.5 Å². The first kappa shape index (κ1) is 94.0. The van der Waals surface area contributed by atoms with Crippen molar-refractivity contribution in [2.45, 2.75) is 171 Å². The Morgan fingerprint density at radius 3 is 1.33 bits per heavy atom. The zero-order valence-electron chi connectivity index (χ0n) is 67.1. The lowest BCUT2D eigenvalue weighted by atomic mass is 9.99. The van der Waals surface area contributed by atoms with Crippen molar-refractivity contribution in [2.24, 2.45) is 11.7 Å². The highest BCUT2D eigenvalue weighted by molar-refractivity contribution is 8.00. The molecule has 0 aromatic heterocycles. The van der Waals surface area contributed by atoms with Gasteiger partial charge in [-0.15, -0.1) is 11.8 Å². The average Bonchev–Trinajstić information content (AvgIpc) is 1.82. The number of carboxylic acid groups (broad SMARTS) is 1. The monoisotopic (exact) mass is 1670 g/mol. The van der Waals surface area contributed by atoms with Crippen LogP contribution in [0.3, 0.4) is 0 Å². The zero-order chi connectivity index (χ0) is 87.5. The van der Waals surface area contributed by atoms with E-state index >= 15 is 9.59 Å². The Kier molecular flexibility index (Phi) is 35.5. The Labute approximate surface area is 691 Å². The van der Waals surface area contributed by atoms with E-state index in [1.54, 1.807) is 78.9 Å². The fourth-order valence-corrected chi connectivity index (χ4v) is 13.9. The van der Waals surface area contributed by atoms with Gasteiger partial charge in [0, 0.05) is 45.7 Å². The highest BCUT2D eigenvalue weighted by Gasteiger charge is 2.43. The second kappa shape index (κ2) is 44.9. The van der Waals surface area contributed by atoms with Crippen molar-refractivity contribution in [3.05, 3.63) is 156 Å². The molecule has 0 saturated carbocycles. The fourth-order valence-electron chi connectivity index (χ4n) is 13.1. The molecule has 5 aromatic carbocycles. The van der Waals surface area contributed by atoms with E-state index in [2.05, 4.69) is 58.5 Å². The Bertz CT molecular complexity index is 4420. The van der Waals surface area contributed by atoms with Crippen LogP contribution in [0, 0.1) is 5.92 Å². The molecular formula is C82H105N15O21S. The van der Waals surface area contributed by atoms with Gasteiger partial charge in [-0.05, 0) is 85.4 Å². The van der Waals surface area contributed by atoms with Crippen molar-refractivity contribution < 1.29 is 102 Å². The molecule has 0 spiro atoms. The van der Waals surface area contributed by atoms with Crippen molar-refractivity contribution >= 4 is 106 Å². The molecule has 0 unspecified atom stereocenters. The maximum Gasteiger partial charge on any atom is 0.305 e. The third-order valence-corrected chi connectivity index (χ3v) is 21.2. The number of primary amides is 1. The highest BCUT2D eigenvalue weighted by atomic mass is 32.2. The number of thioether (sulfide) groups is 1. The van der Waals surface area contributed by atoms with Gasteiger partial charge in [0.25, 0.3) is 0 Å². The number of hydrogen-bond donors (Lipinski definition) is 17. The molecule has 2 heterocycles. The summed E-state index contributed by atoms with van der Waals surface area (Å²) in [6, 6.07) is 18.3. The summed E-state index contributed by atoms with van der Waals surface area (Å²) in [4.78, 5) is 229. The van der Waals surface area contributed by atoms with E-state index < -0.39 is 229 Å². The molecule has 37 heteroatoms. The Hall–Kier alpha value is -12.2. The number of carbonyl (C=O) groups is 16. The molecule has 640 valence electrons. The Morgan fingerprint density at radius 1 is 0.462 bits per heavy atom. The normalized spacial score (nSPS) is 24.8. The first-order valence-corrected chi connectivity index (χ1v) is 39.8. The summed E-state index contributed by atoms with van der Waals surface area (Å²) in [5.41, 5.74) is 9.99. The summed E-state index contributed by atoms with van der Waals surface area (Å²) >= 11 is 0.760. The topological polar surface area (TPSA) is 542 Å². The van der Waals surface area contributed by atoms with Crippen LogP contribution >= 0.6 is 11.8 Å². The minimum atomic E-state index is -2.02. The number of aliphatic carboxylic acids is 1. The van der Waals surface area contributed by atoms with Gasteiger partial charge in [-0.1, -0.05) is 153 Å². The maximum atomic E-state index is 15.2. The molecule has 0 radical (unpaired) electrons. The number of carbonyl (C=O) groups excluding carboxylic acids is 15. The van der Waals surface area contributed by atoms with Crippen molar-refractivity contribution in [3.63, 3.8) is 0 Å². The molecule has 5 aromatic rings. The van der Waals surface area contributed by atoms with Gasteiger partial charge in [0.15, 0.2) is 0 Å². The number of nitrogens with one attached hydrogen (secondary N) is 11. The quantitative estimate of drug-likeness (QED) is 0.0411. The summed E-state index contributed by atoms with van der Waals surface area (Å²) in [6.07, 6.45) is -5.41.